The van der Waals surface area contributed by atoms with E-state index in [1.165, 1.54) is 6.07 Å². The number of nitrogens with two attached hydrogens (primary N) is 1. The van der Waals surface area contributed by atoms with E-state index >= 15 is 0 Å². The molecule has 0 aromatic heterocycles. The first-order chi connectivity index (χ1) is 9.51. The maximum Gasteiger partial charge on any atom is 0.257 e. The van der Waals surface area contributed by atoms with E-state index in [1.54, 1.807) is 30.3 Å². The maximum absolute atomic E-state index is 12.2. The van der Waals surface area contributed by atoms with Crippen molar-refractivity contribution in [3.63, 3.8) is 0 Å². The predicted molar refractivity (Wildman–Crippen MR) is 79.7 cm³/mol. The van der Waals surface area contributed by atoms with Gasteiger partial charge in [-0.15, -0.1) is 0 Å². The van der Waals surface area contributed by atoms with Gasteiger partial charge in [0.1, 0.15) is 0 Å². The number of nitrogens with zero attached hydrogens (tertiary/aromatic N) is 1. The normalized spacial score (nSPS) is 9.85. The van der Waals surface area contributed by atoms with Crippen molar-refractivity contribution in [2.75, 3.05) is 11.1 Å². The zero-order valence-corrected chi connectivity index (χ0v) is 11.5. The van der Waals surface area contributed by atoms with Crippen LogP contribution in [0.3, 0.4) is 0 Å². The van der Waals surface area contributed by atoms with Crippen molar-refractivity contribution in [1.82, 2.24) is 0 Å². The van der Waals surface area contributed by atoms with E-state index in [0.717, 1.165) is 5.56 Å². The van der Waals surface area contributed by atoms with Crippen LogP contribution in [-0.2, 0) is 0 Å². The molecule has 0 saturated heterocycles. The second kappa shape index (κ2) is 5.64. The Bertz CT molecular complexity index is 720. The molecular weight excluding hydrogens is 274 g/mol. The van der Waals surface area contributed by atoms with Gasteiger partial charge in [0.05, 0.1) is 22.2 Å². The fourth-order valence-electron chi connectivity index (χ4n) is 1.73. The molecule has 0 radical (unpaired) electrons. The molecule has 2 aromatic rings. The van der Waals surface area contributed by atoms with Crippen molar-refractivity contribution in [2.45, 2.75) is 6.92 Å². The predicted octanol–water partition coefficient (Wildman–Crippen LogP) is 3.35. The molecule has 2 rings (SSSR count). The number of anilines is 2. The van der Waals surface area contributed by atoms with Crippen LogP contribution >= 0.6 is 11.6 Å². The van der Waals surface area contributed by atoms with Crippen molar-refractivity contribution in [2.24, 2.45) is 0 Å². The Hall–Kier alpha value is -2.51. The summed E-state index contributed by atoms with van der Waals surface area (Å²) in [6.07, 6.45) is 0. The molecule has 0 aliphatic heterocycles. The van der Waals surface area contributed by atoms with Crippen LogP contribution in [0.25, 0.3) is 0 Å². The molecule has 0 saturated carbocycles. The van der Waals surface area contributed by atoms with Gasteiger partial charge in [-0.1, -0.05) is 17.7 Å². The van der Waals surface area contributed by atoms with Gasteiger partial charge in [-0.05, 0) is 42.8 Å². The standard InChI is InChI=1S/C15H12ClN3O/c1-9-2-3-10(8-17)6-14(9)19-15(20)12-7-11(18)4-5-13(12)16/h2-7H,18H2,1H3,(H,19,20). The second-order valence-corrected chi connectivity index (χ2v) is 4.74. The first-order valence-corrected chi connectivity index (χ1v) is 6.26. The SMILES string of the molecule is Cc1ccc(C#N)cc1NC(=O)c1cc(N)ccc1Cl. The van der Waals surface area contributed by atoms with E-state index in [0.29, 0.717) is 27.5 Å². The fraction of sp³-hybridized carbons (Fsp3) is 0.0667. The number of nitrogen functional groups attached to an aromatic ring is 1. The van der Waals surface area contributed by atoms with Gasteiger partial charge in [-0.25, -0.2) is 0 Å². The molecule has 0 fully saturated rings. The topological polar surface area (TPSA) is 78.9 Å². The number of carbonyl (C=O) groups is 1. The molecule has 0 atom stereocenters. The van der Waals surface area contributed by atoms with Crippen LogP contribution in [0.5, 0.6) is 0 Å². The number of aryl methyl sites for hydroxylation is 1. The first-order valence-electron chi connectivity index (χ1n) is 5.88. The van der Waals surface area contributed by atoms with Crippen molar-refractivity contribution in [1.29, 1.82) is 5.26 Å². The molecule has 0 spiro atoms. The molecular formula is C15H12ClN3O. The summed E-state index contributed by atoms with van der Waals surface area (Å²) in [7, 11) is 0. The Morgan fingerprint density at radius 2 is 2.05 bits per heavy atom. The van der Waals surface area contributed by atoms with Crippen LogP contribution < -0.4 is 11.1 Å². The van der Waals surface area contributed by atoms with E-state index in [9.17, 15) is 4.79 Å². The van der Waals surface area contributed by atoms with Crippen LogP contribution in [0.15, 0.2) is 36.4 Å². The summed E-state index contributed by atoms with van der Waals surface area (Å²) >= 11 is 5.99. The third-order valence-corrected chi connectivity index (χ3v) is 3.18. The number of benzene rings is 2. The smallest absolute Gasteiger partial charge is 0.257 e. The molecule has 2 aromatic carbocycles. The van der Waals surface area contributed by atoms with E-state index in [4.69, 9.17) is 22.6 Å². The third kappa shape index (κ3) is 2.90. The molecule has 20 heavy (non-hydrogen) atoms. The summed E-state index contributed by atoms with van der Waals surface area (Å²) in [5.41, 5.74) is 8.32. The molecule has 0 aliphatic carbocycles. The molecule has 5 heteroatoms. The van der Waals surface area contributed by atoms with Crippen molar-refractivity contribution >= 4 is 28.9 Å². The van der Waals surface area contributed by atoms with Crippen LogP contribution in [0.4, 0.5) is 11.4 Å². The quantitative estimate of drug-likeness (QED) is 0.831. The molecule has 0 unspecified atom stereocenters. The van der Waals surface area contributed by atoms with Crippen molar-refractivity contribution in [3.05, 3.63) is 58.1 Å². The number of halogens is 1. The first kappa shape index (κ1) is 13.9. The monoisotopic (exact) mass is 285 g/mol. The highest BCUT2D eigenvalue weighted by atomic mass is 35.5. The van der Waals surface area contributed by atoms with Crippen LogP contribution in [0.2, 0.25) is 5.02 Å². The Morgan fingerprint density at radius 3 is 2.75 bits per heavy atom. The summed E-state index contributed by atoms with van der Waals surface area (Å²) in [4.78, 5) is 12.2. The highest BCUT2D eigenvalue weighted by molar-refractivity contribution is 6.34. The third-order valence-electron chi connectivity index (χ3n) is 2.85. The van der Waals surface area contributed by atoms with Gasteiger partial charge in [0, 0.05) is 11.4 Å². The highest BCUT2D eigenvalue weighted by Gasteiger charge is 2.12. The van der Waals surface area contributed by atoms with Gasteiger partial charge in [0.15, 0.2) is 0 Å². The minimum absolute atomic E-state index is 0.299. The van der Waals surface area contributed by atoms with Gasteiger partial charge in [-0.2, -0.15) is 5.26 Å². The molecule has 0 aliphatic rings. The van der Waals surface area contributed by atoms with E-state index in [1.807, 2.05) is 13.0 Å². The summed E-state index contributed by atoms with van der Waals surface area (Å²) in [5.74, 6) is -0.361. The lowest BCUT2D eigenvalue weighted by Gasteiger charge is -2.10. The molecule has 0 heterocycles. The Labute approximate surface area is 121 Å². The second-order valence-electron chi connectivity index (χ2n) is 4.33. The van der Waals surface area contributed by atoms with Gasteiger partial charge in [0.25, 0.3) is 5.91 Å². The largest absolute Gasteiger partial charge is 0.399 e. The lowest BCUT2D eigenvalue weighted by atomic mass is 10.1. The number of nitrogens with one attached hydrogen (secondary N) is 1. The molecule has 0 bridgehead atoms. The number of carbonyl (C=O) groups excluding carboxylic acids is 1. The zero-order valence-electron chi connectivity index (χ0n) is 10.8. The summed E-state index contributed by atoms with van der Waals surface area (Å²) in [6.45, 7) is 1.84. The number of rotatable bonds is 2. The highest BCUT2D eigenvalue weighted by Crippen LogP contribution is 2.22. The van der Waals surface area contributed by atoms with Crippen LogP contribution in [-0.4, -0.2) is 5.91 Å². The molecule has 1 amide bonds. The minimum Gasteiger partial charge on any atom is -0.399 e. The molecule has 4 nitrogen and oxygen atoms in total. The zero-order chi connectivity index (χ0) is 14.7. The summed E-state index contributed by atoms with van der Waals surface area (Å²) < 4.78 is 0. The number of amides is 1. The Balaban J connectivity index is 2.33. The number of nitriles is 1. The van der Waals surface area contributed by atoms with Crippen LogP contribution in [0, 0.1) is 18.3 Å². The maximum atomic E-state index is 12.2. The van der Waals surface area contributed by atoms with Gasteiger partial charge >= 0.3 is 0 Å². The average Bonchev–Trinajstić information content (AvgIpc) is 2.43. The fourth-order valence-corrected chi connectivity index (χ4v) is 1.94. The number of hydrogen-bond acceptors (Lipinski definition) is 3. The van der Waals surface area contributed by atoms with Gasteiger partial charge in [-0.3, -0.25) is 4.79 Å². The summed E-state index contributed by atoms with van der Waals surface area (Å²) in [6, 6.07) is 11.8. The van der Waals surface area contributed by atoms with E-state index in [2.05, 4.69) is 5.32 Å². The van der Waals surface area contributed by atoms with E-state index in [-0.39, 0.29) is 5.91 Å². The number of hydrogen-bond donors (Lipinski definition) is 2. The van der Waals surface area contributed by atoms with Gasteiger partial charge < -0.3 is 11.1 Å². The lowest BCUT2D eigenvalue weighted by molar-refractivity contribution is 0.102. The van der Waals surface area contributed by atoms with Crippen LogP contribution in [0.1, 0.15) is 21.5 Å². The minimum atomic E-state index is -0.361. The average molecular weight is 286 g/mol. The summed E-state index contributed by atoms with van der Waals surface area (Å²) in [5, 5.41) is 11.9. The van der Waals surface area contributed by atoms with E-state index < -0.39 is 0 Å². The van der Waals surface area contributed by atoms with Crippen molar-refractivity contribution in [3.8, 4) is 6.07 Å². The Kier molecular flexibility index (Phi) is 3.92. The van der Waals surface area contributed by atoms with Gasteiger partial charge in [0.2, 0.25) is 0 Å². The molecule has 100 valence electrons. The molecule has 3 N–H and O–H groups in total. The van der Waals surface area contributed by atoms with Crippen molar-refractivity contribution < 1.29 is 4.79 Å². The Morgan fingerprint density at radius 1 is 1.30 bits per heavy atom. The lowest BCUT2D eigenvalue weighted by Crippen LogP contribution is -2.13.